The predicted molar refractivity (Wildman–Crippen MR) is 58.9 cm³/mol. The summed E-state index contributed by atoms with van der Waals surface area (Å²) in [5.74, 6) is 0. The Morgan fingerprint density at radius 2 is 1.67 bits per heavy atom. The molecule has 0 spiro atoms. The minimum atomic E-state index is -0.306. The quantitative estimate of drug-likeness (QED) is 0.412. The van der Waals surface area contributed by atoms with Crippen LogP contribution in [-0.2, 0) is 18.9 Å². The molecule has 4 nitrogen and oxygen atoms in total. The van der Waals surface area contributed by atoms with Gasteiger partial charge >= 0.3 is 0 Å². The van der Waals surface area contributed by atoms with E-state index in [1.54, 1.807) is 13.2 Å². The van der Waals surface area contributed by atoms with E-state index < -0.39 is 0 Å². The predicted octanol–water partition coefficient (Wildman–Crippen LogP) is 1.60. The molecule has 0 aromatic carbocycles. The summed E-state index contributed by atoms with van der Waals surface area (Å²) in [6.07, 6.45) is 1.29. The van der Waals surface area contributed by atoms with E-state index in [0.29, 0.717) is 26.4 Å². The fourth-order valence-electron chi connectivity index (χ4n) is 1.07. The lowest BCUT2D eigenvalue weighted by molar-refractivity contribution is -0.175. The number of methoxy groups -OCH3 is 1. The van der Waals surface area contributed by atoms with Crippen molar-refractivity contribution in [3.05, 3.63) is 12.7 Å². The molecule has 0 fully saturated rings. The van der Waals surface area contributed by atoms with Crippen molar-refractivity contribution in [2.24, 2.45) is 0 Å². The first-order valence-electron chi connectivity index (χ1n) is 5.24. The first kappa shape index (κ1) is 14.6. The third kappa shape index (κ3) is 7.50. The van der Waals surface area contributed by atoms with E-state index in [1.807, 2.05) is 13.8 Å². The van der Waals surface area contributed by atoms with Crippen molar-refractivity contribution in [1.82, 2.24) is 0 Å². The van der Waals surface area contributed by atoms with Gasteiger partial charge in [0.2, 0.25) is 0 Å². The van der Waals surface area contributed by atoms with E-state index in [9.17, 15) is 0 Å². The Kier molecular flexibility index (Phi) is 9.83. The summed E-state index contributed by atoms with van der Waals surface area (Å²) in [7, 11) is 1.63. The maximum Gasteiger partial charge on any atom is 0.180 e. The van der Waals surface area contributed by atoms with E-state index in [0.717, 1.165) is 0 Å². The van der Waals surface area contributed by atoms with Gasteiger partial charge in [0.1, 0.15) is 0 Å². The molecule has 0 aliphatic rings. The zero-order chi connectivity index (χ0) is 11.5. The van der Waals surface area contributed by atoms with E-state index in [2.05, 4.69) is 6.58 Å². The Morgan fingerprint density at radius 1 is 1.07 bits per heavy atom. The summed E-state index contributed by atoms with van der Waals surface area (Å²) in [6.45, 7) is 9.61. The van der Waals surface area contributed by atoms with Crippen molar-refractivity contribution < 1.29 is 18.9 Å². The van der Waals surface area contributed by atoms with Crippen LogP contribution in [0.25, 0.3) is 0 Å². The number of hydrogen-bond donors (Lipinski definition) is 0. The van der Waals surface area contributed by atoms with Crippen LogP contribution in [0.15, 0.2) is 12.7 Å². The molecular weight excluding hydrogens is 196 g/mol. The van der Waals surface area contributed by atoms with Crippen LogP contribution in [0.3, 0.4) is 0 Å². The van der Waals surface area contributed by atoms with E-state index in [-0.39, 0.29) is 12.4 Å². The highest BCUT2D eigenvalue weighted by atomic mass is 16.7. The number of hydrogen-bond acceptors (Lipinski definition) is 4. The maximum atomic E-state index is 5.51. The summed E-state index contributed by atoms with van der Waals surface area (Å²) in [4.78, 5) is 0. The van der Waals surface area contributed by atoms with Gasteiger partial charge in [0.05, 0.1) is 19.3 Å². The van der Waals surface area contributed by atoms with Gasteiger partial charge in [-0.05, 0) is 13.8 Å². The van der Waals surface area contributed by atoms with Gasteiger partial charge in [-0.2, -0.15) is 0 Å². The van der Waals surface area contributed by atoms with Crippen LogP contribution in [0.5, 0.6) is 0 Å². The molecule has 0 bridgehead atoms. The highest BCUT2D eigenvalue weighted by Crippen LogP contribution is 2.01. The second kappa shape index (κ2) is 10.1. The molecule has 0 aromatic heterocycles. The summed E-state index contributed by atoms with van der Waals surface area (Å²) < 4.78 is 21.1. The standard InChI is InChI=1S/C11H22O4/c1-5-10(8-12-4)15-9-11(13-6-2)14-7-3/h5,10-11H,1,6-9H2,2-4H3/t10-/m0/s1. The van der Waals surface area contributed by atoms with E-state index in [4.69, 9.17) is 18.9 Å². The van der Waals surface area contributed by atoms with Gasteiger partial charge in [-0.25, -0.2) is 0 Å². The second-order valence-electron chi connectivity index (χ2n) is 2.90. The molecule has 4 heteroatoms. The van der Waals surface area contributed by atoms with Crippen molar-refractivity contribution in [2.75, 3.05) is 33.5 Å². The normalized spacial score (nSPS) is 13.1. The minimum absolute atomic E-state index is 0.113. The van der Waals surface area contributed by atoms with Gasteiger partial charge < -0.3 is 18.9 Å². The van der Waals surface area contributed by atoms with Gasteiger partial charge in [0.15, 0.2) is 6.29 Å². The van der Waals surface area contributed by atoms with Crippen LogP contribution < -0.4 is 0 Å². The van der Waals surface area contributed by atoms with Crippen molar-refractivity contribution in [1.29, 1.82) is 0 Å². The third-order valence-electron chi connectivity index (χ3n) is 1.75. The second-order valence-corrected chi connectivity index (χ2v) is 2.90. The van der Waals surface area contributed by atoms with Gasteiger partial charge in [-0.15, -0.1) is 6.58 Å². The molecule has 90 valence electrons. The molecular formula is C11H22O4. The highest BCUT2D eigenvalue weighted by molar-refractivity contribution is 4.79. The SMILES string of the molecule is C=C[C@@H](COC)OCC(OCC)OCC. The molecule has 0 N–H and O–H groups in total. The van der Waals surface area contributed by atoms with Crippen LogP contribution in [-0.4, -0.2) is 45.9 Å². The number of ether oxygens (including phenoxy) is 4. The van der Waals surface area contributed by atoms with E-state index in [1.165, 1.54) is 0 Å². The largest absolute Gasteiger partial charge is 0.382 e. The zero-order valence-electron chi connectivity index (χ0n) is 9.90. The molecule has 0 saturated heterocycles. The lowest BCUT2D eigenvalue weighted by Crippen LogP contribution is -2.28. The van der Waals surface area contributed by atoms with Crippen molar-refractivity contribution in [3.8, 4) is 0 Å². The molecule has 0 saturated carbocycles. The average Bonchev–Trinajstić information content (AvgIpc) is 2.24. The summed E-state index contributed by atoms with van der Waals surface area (Å²) in [5.41, 5.74) is 0. The van der Waals surface area contributed by atoms with Crippen molar-refractivity contribution in [3.63, 3.8) is 0 Å². The highest BCUT2D eigenvalue weighted by Gasteiger charge is 2.11. The molecule has 0 radical (unpaired) electrons. The summed E-state index contributed by atoms with van der Waals surface area (Å²) in [6, 6.07) is 0. The molecule has 0 rings (SSSR count). The Morgan fingerprint density at radius 3 is 2.07 bits per heavy atom. The van der Waals surface area contributed by atoms with Gasteiger partial charge in [0, 0.05) is 20.3 Å². The monoisotopic (exact) mass is 218 g/mol. The average molecular weight is 218 g/mol. The Balaban J connectivity index is 3.78. The van der Waals surface area contributed by atoms with Crippen LogP contribution in [0, 0.1) is 0 Å². The molecule has 0 aromatic rings. The van der Waals surface area contributed by atoms with Crippen LogP contribution in [0.2, 0.25) is 0 Å². The Hall–Kier alpha value is -0.420. The fraction of sp³-hybridized carbons (Fsp3) is 0.818. The zero-order valence-corrected chi connectivity index (χ0v) is 9.90. The third-order valence-corrected chi connectivity index (χ3v) is 1.75. The maximum absolute atomic E-state index is 5.51. The molecule has 0 unspecified atom stereocenters. The van der Waals surface area contributed by atoms with Crippen LogP contribution in [0.1, 0.15) is 13.8 Å². The number of rotatable bonds is 10. The Bertz CT molecular complexity index is 144. The van der Waals surface area contributed by atoms with E-state index >= 15 is 0 Å². The van der Waals surface area contributed by atoms with Crippen LogP contribution >= 0.6 is 0 Å². The Labute approximate surface area is 92.2 Å². The van der Waals surface area contributed by atoms with Crippen LogP contribution in [0.4, 0.5) is 0 Å². The summed E-state index contributed by atoms with van der Waals surface area (Å²) >= 11 is 0. The summed E-state index contributed by atoms with van der Waals surface area (Å²) in [5, 5.41) is 0. The smallest absolute Gasteiger partial charge is 0.180 e. The first-order chi connectivity index (χ1) is 7.28. The lowest BCUT2D eigenvalue weighted by atomic mass is 10.4. The van der Waals surface area contributed by atoms with Crippen molar-refractivity contribution in [2.45, 2.75) is 26.2 Å². The van der Waals surface area contributed by atoms with Crippen molar-refractivity contribution >= 4 is 0 Å². The molecule has 0 aliphatic heterocycles. The van der Waals surface area contributed by atoms with Gasteiger partial charge in [-0.1, -0.05) is 6.08 Å². The van der Waals surface area contributed by atoms with Gasteiger partial charge in [0.25, 0.3) is 0 Å². The van der Waals surface area contributed by atoms with Gasteiger partial charge in [-0.3, -0.25) is 0 Å². The molecule has 0 amide bonds. The lowest BCUT2D eigenvalue weighted by Gasteiger charge is -2.19. The minimum Gasteiger partial charge on any atom is -0.382 e. The first-order valence-corrected chi connectivity index (χ1v) is 5.24. The molecule has 1 atom stereocenters. The topological polar surface area (TPSA) is 36.9 Å². The molecule has 15 heavy (non-hydrogen) atoms. The molecule has 0 aliphatic carbocycles. The fourth-order valence-corrected chi connectivity index (χ4v) is 1.07. The molecule has 0 heterocycles.